The standard InChI is InChI=1S/C24H25N5O6/c1-13(21-27-23(33)29-28-21)25-22(32)19(10-11-20(30)31)26-24(34)35-12-18-16-8-4-2-6-14(16)15-7-3-5-9-17(15)18/h2-9,13,18-19H,10-12H2,1H3,(H,25,32)(H,26,34)(H,30,31)(H2,27,28,29,33). The van der Waals surface area contributed by atoms with E-state index >= 15 is 0 Å². The van der Waals surface area contributed by atoms with Crippen LogP contribution in [0.2, 0.25) is 0 Å². The lowest BCUT2D eigenvalue weighted by atomic mass is 9.98. The maximum atomic E-state index is 12.8. The van der Waals surface area contributed by atoms with Gasteiger partial charge in [0.25, 0.3) is 0 Å². The topological polar surface area (TPSA) is 166 Å². The highest BCUT2D eigenvalue weighted by Gasteiger charge is 2.30. The van der Waals surface area contributed by atoms with Crippen LogP contribution in [0.1, 0.15) is 48.7 Å². The molecule has 3 aromatic rings. The number of ether oxygens (including phenoxy) is 1. The lowest BCUT2D eigenvalue weighted by Crippen LogP contribution is -2.48. The highest BCUT2D eigenvalue weighted by Crippen LogP contribution is 2.44. The Morgan fingerprint density at radius 2 is 1.69 bits per heavy atom. The van der Waals surface area contributed by atoms with Gasteiger partial charge in [0.15, 0.2) is 5.82 Å². The van der Waals surface area contributed by atoms with Crippen LogP contribution in [0.15, 0.2) is 53.3 Å². The Bertz CT molecular complexity index is 1250. The summed E-state index contributed by atoms with van der Waals surface area (Å²) in [6.45, 7) is 1.64. The van der Waals surface area contributed by atoms with E-state index in [4.69, 9.17) is 9.84 Å². The number of alkyl carbamates (subject to hydrolysis) is 1. The maximum Gasteiger partial charge on any atom is 0.407 e. The summed E-state index contributed by atoms with van der Waals surface area (Å²) >= 11 is 0. The number of hydrogen-bond donors (Lipinski definition) is 5. The second-order valence-corrected chi connectivity index (χ2v) is 8.25. The first-order chi connectivity index (χ1) is 16.8. The van der Waals surface area contributed by atoms with E-state index in [0.717, 1.165) is 22.3 Å². The maximum absolute atomic E-state index is 12.8. The number of benzene rings is 2. The molecule has 1 aliphatic rings. The molecule has 2 unspecified atom stereocenters. The fraction of sp³-hybridized carbons (Fsp3) is 0.292. The monoisotopic (exact) mass is 479 g/mol. The third kappa shape index (κ3) is 5.40. The first kappa shape index (κ1) is 23.7. The first-order valence-electron chi connectivity index (χ1n) is 11.1. The van der Waals surface area contributed by atoms with Crippen molar-refractivity contribution in [2.75, 3.05) is 6.61 Å². The number of nitrogens with one attached hydrogen (secondary N) is 4. The largest absolute Gasteiger partial charge is 0.481 e. The van der Waals surface area contributed by atoms with Crippen LogP contribution in [0.25, 0.3) is 11.1 Å². The average molecular weight is 479 g/mol. The van der Waals surface area contributed by atoms with E-state index in [1.54, 1.807) is 6.92 Å². The highest BCUT2D eigenvalue weighted by molar-refractivity contribution is 5.86. The van der Waals surface area contributed by atoms with Gasteiger partial charge in [-0.3, -0.25) is 14.6 Å². The van der Waals surface area contributed by atoms with Crippen molar-refractivity contribution in [3.63, 3.8) is 0 Å². The number of hydrogen-bond acceptors (Lipinski definition) is 6. The number of amides is 2. The zero-order valence-electron chi connectivity index (χ0n) is 18.9. The second kappa shape index (κ2) is 10.2. The van der Waals surface area contributed by atoms with Crippen molar-refractivity contribution in [1.29, 1.82) is 0 Å². The average Bonchev–Trinajstić information content (AvgIpc) is 3.41. The van der Waals surface area contributed by atoms with Crippen molar-refractivity contribution in [2.24, 2.45) is 0 Å². The van der Waals surface area contributed by atoms with Crippen LogP contribution in [0.5, 0.6) is 0 Å². The van der Waals surface area contributed by atoms with Crippen molar-refractivity contribution in [1.82, 2.24) is 25.8 Å². The van der Waals surface area contributed by atoms with Gasteiger partial charge in [0, 0.05) is 12.3 Å². The van der Waals surface area contributed by atoms with Gasteiger partial charge in [-0.15, -0.1) is 0 Å². The lowest BCUT2D eigenvalue weighted by molar-refractivity contribution is -0.137. The SMILES string of the molecule is CC(NC(=O)C(CCC(=O)O)NC(=O)OCC1c2ccccc2-c2ccccc21)c1n[nH]c(=O)[nH]1. The van der Waals surface area contributed by atoms with Crippen LogP contribution in [-0.2, 0) is 14.3 Å². The predicted molar refractivity (Wildman–Crippen MR) is 125 cm³/mol. The molecule has 0 spiro atoms. The van der Waals surface area contributed by atoms with Crippen molar-refractivity contribution >= 4 is 18.0 Å². The molecule has 182 valence electrons. The summed E-state index contributed by atoms with van der Waals surface area (Å²) in [5.74, 6) is -1.70. The third-order valence-corrected chi connectivity index (χ3v) is 5.89. The van der Waals surface area contributed by atoms with Crippen LogP contribution >= 0.6 is 0 Å². The molecule has 4 rings (SSSR count). The molecule has 0 saturated carbocycles. The number of fused-ring (bicyclic) bond motifs is 3. The third-order valence-electron chi connectivity index (χ3n) is 5.89. The fourth-order valence-electron chi connectivity index (χ4n) is 4.19. The minimum absolute atomic E-state index is 0.0536. The van der Waals surface area contributed by atoms with E-state index in [0.29, 0.717) is 0 Å². The normalized spacial score (nSPS) is 13.9. The molecule has 1 aliphatic carbocycles. The number of H-pyrrole nitrogens is 2. The molecule has 11 nitrogen and oxygen atoms in total. The molecule has 5 N–H and O–H groups in total. The van der Waals surface area contributed by atoms with Gasteiger partial charge in [-0.25, -0.2) is 14.7 Å². The smallest absolute Gasteiger partial charge is 0.407 e. The Balaban J connectivity index is 1.41. The number of carbonyl (C=O) groups is 3. The summed E-state index contributed by atoms with van der Waals surface area (Å²) in [4.78, 5) is 50.1. The number of nitrogens with zero attached hydrogens (tertiary/aromatic N) is 1. The van der Waals surface area contributed by atoms with E-state index < -0.39 is 35.7 Å². The van der Waals surface area contributed by atoms with Crippen LogP contribution in [0.4, 0.5) is 4.79 Å². The van der Waals surface area contributed by atoms with Crippen molar-refractivity contribution < 1.29 is 24.2 Å². The molecule has 1 heterocycles. The van der Waals surface area contributed by atoms with Crippen molar-refractivity contribution in [3.05, 3.63) is 76.0 Å². The lowest BCUT2D eigenvalue weighted by Gasteiger charge is -2.21. The fourth-order valence-corrected chi connectivity index (χ4v) is 4.19. The second-order valence-electron chi connectivity index (χ2n) is 8.25. The number of rotatable bonds is 9. The van der Waals surface area contributed by atoms with Gasteiger partial charge >= 0.3 is 17.8 Å². The van der Waals surface area contributed by atoms with E-state index in [9.17, 15) is 19.2 Å². The zero-order chi connectivity index (χ0) is 24.9. The number of aliphatic carboxylic acids is 1. The summed E-state index contributed by atoms with van der Waals surface area (Å²) < 4.78 is 5.48. The molecule has 11 heteroatoms. The van der Waals surface area contributed by atoms with Gasteiger partial charge in [-0.05, 0) is 35.6 Å². The van der Waals surface area contributed by atoms with E-state index in [2.05, 4.69) is 25.8 Å². The summed E-state index contributed by atoms with van der Waals surface area (Å²) in [6, 6.07) is 14.0. The minimum atomic E-state index is -1.16. The van der Waals surface area contributed by atoms with Crippen molar-refractivity contribution in [2.45, 2.75) is 37.8 Å². The molecule has 35 heavy (non-hydrogen) atoms. The quantitative estimate of drug-likeness (QED) is 0.313. The Hall–Kier alpha value is -4.41. The van der Waals surface area contributed by atoms with Crippen molar-refractivity contribution in [3.8, 4) is 11.1 Å². The molecule has 0 radical (unpaired) electrons. The first-order valence-corrected chi connectivity index (χ1v) is 11.1. The van der Waals surface area contributed by atoms with Gasteiger partial charge in [0.05, 0.1) is 6.04 Å². The van der Waals surface area contributed by atoms with E-state index in [1.807, 2.05) is 48.5 Å². The summed E-state index contributed by atoms with van der Waals surface area (Å²) in [7, 11) is 0. The predicted octanol–water partition coefficient (Wildman–Crippen LogP) is 2.05. The molecular formula is C24H25N5O6. The van der Waals surface area contributed by atoms with Gasteiger partial charge in [-0.2, -0.15) is 5.10 Å². The van der Waals surface area contributed by atoms with Crippen LogP contribution < -0.4 is 16.3 Å². The Kier molecular flexibility index (Phi) is 6.95. The zero-order valence-corrected chi connectivity index (χ0v) is 18.9. The van der Waals surface area contributed by atoms with E-state index in [-0.39, 0.29) is 31.2 Å². The van der Waals surface area contributed by atoms with Crippen LogP contribution in [0.3, 0.4) is 0 Å². The highest BCUT2D eigenvalue weighted by atomic mass is 16.5. The molecule has 2 atom stereocenters. The van der Waals surface area contributed by atoms with Gasteiger partial charge in [0.2, 0.25) is 5.91 Å². The Morgan fingerprint density at radius 3 is 2.26 bits per heavy atom. The number of carbonyl (C=O) groups excluding carboxylic acids is 2. The number of carboxylic acids is 1. The molecule has 2 amide bonds. The van der Waals surface area contributed by atoms with Gasteiger partial charge < -0.3 is 20.5 Å². The summed E-state index contributed by atoms with van der Waals surface area (Å²) in [5, 5.41) is 20.1. The minimum Gasteiger partial charge on any atom is -0.481 e. The Morgan fingerprint density at radius 1 is 1.06 bits per heavy atom. The Labute approximate surface area is 199 Å². The summed E-state index contributed by atoms with van der Waals surface area (Å²) in [6.07, 6.45) is -1.32. The summed E-state index contributed by atoms with van der Waals surface area (Å²) in [5.41, 5.74) is 3.73. The number of aromatic amines is 2. The van der Waals surface area contributed by atoms with Gasteiger partial charge in [0.1, 0.15) is 12.6 Å². The number of carboxylic acid groups (broad SMARTS) is 1. The molecule has 0 aliphatic heterocycles. The molecular weight excluding hydrogens is 454 g/mol. The molecule has 2 aromatic carbocycles. The van der Waals surface area contributed by atoms with Crippen LogP contribution in [0, 0.1) is 0 Å². The van der Waals surface area contributed by atoms with Gasteiger partial charge in [-0.1, -0.05) is 48.5 Å². The molecule has 0 bridgehead atoms. The van der Waals surface area contributed by atoms with Crippen LogP contribution in [-0.4, -0.2) is 50.9 Å². The molecule has 0 saturated heterocycles. The molecule has 1 aromatic heterocycles. The van der Waals surface area contributed by atoms with E-state index in [1.165, 1.54) is 0 Å². The number of aromatic nitrogens is 3. The molecule has 0 fully saturated rings.